The highest BCUT2D eigenvalue weighted by atomic mass is 16.5. The zero-order valence-electron chi connectivity index (χ0n) is 19.9. The van der Waals surface area contributed by atoms with Crippen molar-refractivity contribution in [3.8, 4) is 17.0 Å². The molecule has 5 rings (SSSR count). The second-order valence-electron chi connectivity index (χ2n) is 9.48. The van der Waals surface area contributed by atoms with Crippen molar-refractivity contribution in [1.29, 1.82) is 0 Å². The van der Waals surface area contributed by atoms with Gasteiger partial charge in [-0.25, -0.2) is 4.52 Å². The van der Waals surface area contributed by atoms with Crippen LogP contribution in [0.4, 0.5) is 5.69 Å². The number of benzene rings is 1. The first-order chi connectivity index (χ1) is 15.6. The van der Waals surface area contributed by atoms with Gasteiger partial charge in [0.15, 0.2) is 0 Å². The fraction of sp³-hybridized carbons (Fsp3) is 0.519. The molecular weight excluding hydrogens is 398 g/mol. The van der Waals surface area contributed by atoms with Crippen LogP contribution in [-0.2, 0) is 11.2 Å². The Balaban J connectivity index is 1.69. The molecule has 0 radical (unpaired) electrons. The molecule has 1 unspecified atom stereocenters. The standard InChI is InChI=1S/C27H35N3O2/c1-5-22-27(29(16-20-11-12-20)21-8-7-13-32-17-21)24-10-6-9-23(30(24)28-22)26-19(3)14-18(2)15-25(26)31-4/h6,9-10,14-15,20-21H,5,7-8,11-13,16-17H2,1-4H3. The Morgan fingerprint density at radius 1 is 1.19 bits per heavy atom. The van der Waals surface area contributed by atoms with E-state index in [1.165, 1.54) is 47.3 Å². The van der Waals surface area contributed by atoms with Crippen LogP contribution in [0.15, 0.2) is 30.3 Å². The smallest absolute Gasteiger partial charge is 0.128 e. The van der Waals surface area contributed by atoms with Crippen LogP contribution in [0.3, 0.4) is 0 Å². The highest BCUT2D eigenvalue weighted by Gasteiger charge is 2.33. The zero-order valence-corrected chi connectivity index (χ0v) is 19.9. The second kappa shape index (κ2) is 8.78. The summed E-state index contributed by atoms with van der Waals surface area (Å²) in [5.41, 5.74) is 8.29. The maximum atomic E-state index is 5.91. The van der Waals surface area contributed by atoms with Crippen LogP contribution in [0.5, 0.6) is 5.75 Å². The van der Waals surface area contributed by atoms with E-state index in [1.54, 1.807) is 7.11 Å². The molecule has 0 bridgehead atoms. The van der Waals surface area contributed by atoms with Gasteiger partial charge in [-0.1, -0.05) is 19.1 Å². The predicted octanol–water partition coefficient (Wildman–Crippen LogP) is 5.58. The molecule has 0 N–H and O–H groups in total. The number of hydrogen-bond acceptors (Lipinski definition) is 4. The lowest BCUT2D eigenvalue weighted by Gasteiger charge is -2.36. The molecule has 5 nitrogen and oxygen atoms in total. The van der Waals surface area contributed by atoms with Crippen LogP contribution in [0, 0.1) is 19.8 Å². The van der Waals surface area contributed by atoms with E-state index >= 15 is 0 Å². The molecule has 2 fully saturated rings. The number of fused-ring (bicyclic) bond motifs is 1. The molecule has 2 aromatic heterocycles. The van der Waals surface area contributed by atoms with Crippen LogP contribution < -0.4 is 9.64 Å². The van der Waals surface area contributed by atoms with Crippen LogP contribution in [0.1, 0.15) is 49.4 Å². The SMILES string of the molecule is CCc1nn2c(-c3c(C)cc(C)cc3OC)cccc2c1N(CC1CC1)C1CCCOC1. The largest absolute Gasteiger partial charge is 0.496 e. The number of pyridine rings is 1. The van der Waals surface area contributed by atoms with Crippen molar-refractivity contribution in [2.75, 3.05) is 31.8 Å². The number of nitrogens with zero attached hydrogens (tertiary/aromatic N) is 3. The van der Waals surface area contributed by atoms with Crippen LogP contribution in [0.25, 0.3) is 16.8 Å². The number of aryl methyl sites for hydroxylation is 3. The van der Waals surface area contributed by atoms with Crippen LogP contribution in [-0.4, -0.2) is 42.5 Å². The van der Waals surface area contributed by atoms with Crippen molar-refractivity contribution in [2.45, 2.75) is 58.9 Å². The van der Waals surface area contributed by atoms with Crippen molar-refractivity contribution in [3.63, 3.8) is 0 Å². The van der Waals surface area contributed by atoms with Crippen molar-refractivity contribution >= 4 is 11.2 Å². The van der Waals surface area contributed by atoms with Gasteiger partial charge in [-0.05, 0) is 81.2 Å². The van der Waals surface area contributed by atoms with E-state index in [1.807, 2.05) is 0 Å². The van der Waals surface area contributed by atoms with Gasteiger partial charge in [0.2, 0.25) is 0 Å². The maximum absolute atomic E-state index is 5.91. The maximum Gasteiger partial charge on any atom is 0.128 e. The van der Waals surface area contributed by atoms with E-state index in [4.69, 9.17) is 14.6 Å². The minimum absolute atomic E-state index is 0.432. The Bertz CT molecular complexity index is 1110. The molecule has 1 saturated carbocycles. The average molecular weight is 434 g/mol. The number of hydrogen-bond donors (Lipinski definition) is 0. The molecule has 3 aromatic rings. The molecular formula is C27H35N3O2. The first kappa shape index (κ1) is 21.3. The molecule has 1 aliphatic heterocycles. The summed E-state index contributed by atoms with van der Waals surface area (Å²) in [6.07, 6.45) is 5.93. The van der Waals surface area contributed by atoms with Gasteiger partial charge in [-0.15, -0.1) is 0 Å². The summed E-state index contributed by atoms with van der Waals surface area (Å²) in [5.74, 6) is 1.71. The van der Waals surface area contributed by atoms with Crippen molar-refractivity contribution < 1.29 is 9.47 Å². The van der Waals surface area contributed by atoms with E-state index in [9.17, 15) is 0 Å². The third-order valence-corrected chi connectivity index (χ3v) is 6.97. The number of anilines is 1. The summed E-state index contributed by atoms with van der Waals surface area (Å²) in [6.45, 7) is 9.31. The Kier molecular flexibility index (Phi) is 5.85. The molecule has 0 amide bonds. The van der Waals surface area contributed by atoms with Crippen molar-refractivity contribution in [2.24, 2.45) is 5.92 Å². The highest BCUT2D eigenvalue weighted by Crippen LogP contribution is 2.40. The number of ether oxygens (including phenoxy) is 2. The van der Waals surface area contributed by atoms with Gasteiger partial charge in [0.1, 0.15) is 5.75 Å². The highest BCUT2D eigenvalue weighted by molar-refractivity contribution is 5.81. The van der Waals surface area contributed by atoms with Gasteiger partial charge in [0.25, 0.3) is 0 Å². The van der Waals surface area contributed by atoms with Crippen LogP contribution in [0.2, 0.25) is 0 Å². The van der Waals surface area contributed by atoms with Gasteiger partial charge in [-0.2, -0.15) is 5.10 Å². The first-order valence-corrected chi connectivity index (χ1v) is 12.1. The average Bonchev–Trinajstić information content (AvgIpc) is 3.55. The van der Waals surface area contributed by atoms with Crippen molar-refractivity contribution in [3.05, 3.63) is 47.2 Å². The molecule has 1 aliphatic carbocycles. The number of aromatic nitrogens is 2. The van der Waals surface area contributed by atoms with Crippen molar-refractivity contribution in [1.82, 2.24) is 9.61 Å². The molecule has 5 heteroatoms. The third-order valence-electron chi connectivity index (χ3n) is 6.97. The van der Waals surface area contributed by atoms with E-state index in [0.29, 0.717) is 6.04 Å². The van der Waals surface area contributed by atoms with Gasteiger partial charge in [0, 0.05) is 18.7 Å². The molecule has 0 spiro atoms. The third kappa shape index (κ3) is 3.88. The lowest BCUT2D eigenvalue weighted by atomic mass is 10.0. The van der Waals surface area contributed by atoms with E-state index in [2.05, 4.69) is 60.5 Å². The monoisotopic (exact) mass is 433 g/mol. The first-order valence-electron chi connectivity index (χ1n) is 12.1. The summed E-state index contributed by atoms with van der Waals surface area (Å²) in [7, 11) is 1.75. The predicted molar refractivity (Wildman–Crippen MR) is 130 cm³/mol. The minimum Gasteiger partial charge on any atom is -0.496 e. The lowest BCUT2D eigenvalue weighted by Crippen LogP contribution is -2.42. The Morgan fingerprint density at radius 3 is 2.72 bits per heavy atom. The van der Waals surface area contributed by atoms with E-state index in [-0.39, 0.29) is 0 Å². The van der Waals surface area contributed by atoms with Gasteiger partial charge in [0.05, 0.1) is 42.4 Å². The van der Waals surface area contributed by atoms with Gasteiger partial charge >= 0.3 is 0 Å². The Labute approximate surface area is 191 Å². The molecule has 170 valence electrons. The molecule has 32 heavy (non-hydrogen) atoms. The normalized spacial score (nSPS) is 18.8. The topological polar surface area (TPSA) is 39.0 Å². The summed E-state index contributed by atoms with van der Waals surface area (Å²) >= 11 is 0. The fourth-order valence-electron chi connectivity index (χ4n) is 5.23. The summed E-state index contributed by atoms with van der Waals surface area (Å²) in [6, 6.07) is 11.3. The molecule has 1 saturated heterocycles. The molecule has 2 aliphatic rings. The zero-order chi connectivity index (χ0) is 22.2. The van der Waals surface area contributed by atoms with Gasteiger partial charge in [-0.3, -0.25) is 0 Å². The summed E-state index contributed by atoms with van der Waals surface area (Å²) < 4.78 is 13.9. The molecule has 3 heterocycles. The second-order valence-corrected chi connectivity index (χ2v) is 9.48. The quantitative estimate of drug-likeness (QED) is 0.487. The lowest BCUT2D eigenvalue weighted by molar-refractivity contribution is 0.0790. The Morgan fingerprint density at radius 2 is 2.03 bits per heavy atom. The van der Waals surface area contributed by atoms with E-state index in [0.717, 1.165) is 55.5 Å². The van der Waals surface area contributed by atoms with Gasteiger partial charge < -0.3 is 14.4 Å². The Hall–Kier alpha value is -2.53. The summed E-state index contributed by atoms with van der Waals surface area (Å²) in [4.78, 5) is 2.64. The fourth-order valence-corrected chi connectivity index (χ4v) is 5.23. The van der Waals surface area contributed by atoms with Crippen LogP contribution >= 0.6 is 0 Å². The minimum atomic E-state index is 0.432. The summed E-state index contributed by atoms with van der Waals surface area (Å²) in [5, 5.41) is 5.17. The van der Waals surface area contributed by atoms with E-state index < -0.39 is 0 Å². The number of methoxy groups -OCH3 is 1. The molecule has 1 aromatic carbocycles. The number of rotatable bonds is 7. The molecule has 1 atom stereocenters.